The van der Waals surface area contributed by atoms with E-state index in [9.17, 15) is 4.79 Å². The van der Waals surface area contributed by atoms with Gasteiger partial charge in [-0.25, -0.2) is 0 Å². The lowest BCUT2D eigenvalue weighted by atomic mass is 9.90. The summed E-state index contributed by atoms with van der Waals surface area (Å²) < 4.78 is 5.95. The SMILES string of the molecule is CN(C)C(=O)CNC1CCOC2(CCSC2)C1. The molecule has 0 aromatic carbocycles. The van der Waals surface area contributed by atoms with E-state index in [-0.39, 0.29) is 11.5 Å². The molecule has 2 saturated heterocycles. The van der Waals surface area contributed by atoms with Crippen LogP contribution in [0.25, 0.3) is 0 Å². The minimum atomic E-state index is 0.0990. The zero-order valence-corrected chi connectivity index (χ0v) is 11.5. The molecule has 0 radical (unpaired) electrons. The number of rotatable bonds is 3. The van der Waals surface area contributed by atoms with Crippen molar-refractivity contribution in [2.45, 2.75) is 30.9 Å². The molecule has 0 saturated carbocycles. The van der Waals surface area contributed by atoms with Crippen LogP contribution in [0.2, 0.25) is 0 Å². The Kier molecular flexibility index (Phi) is 4.33. The van der Waals surface area contributed by atoms with Crippen molar-refractivity contribution in [2.24, 2.45) is 0 Å². The molecule has 0 bridgehead atoms. The maximum Gasteiger partial charge on any atom is 0.236 e. The van der Waals surface area contributed by atoms with Gasteiger partial charge in [-0.05, 0) is 25.0 Å². The van der Waals surface area contributed by atoms with Crippen molar-refractivity contribution in [1.82, 2.24) is 10.2 Å². The molecule has 4 nitrogen and oxygen atoms in total. The van der Waals surface area contributed by atoms with E-state index in [1.807, 2.05) is 11.8 Å². The average molecular weight is 258 g/mol. The summed E-state index contributed by atoms with van der Waals surface area (Å²) in [6.07, 6.45) is 3.24. The quantitative estimate of drug-likeness (QED) is 0.810. The Bertz CT molecular complexity index is 278. The average Bonchev–Trinajstić information content (AvgIpc) is 2.74. The van der Waals surface area contributed by atoms with Crippen LogP contribution in [0.4, 0.5) is 0 Å². The van der Waals surface area contributed by atoms with Gasteiger partial charge in [0.1, 0.15) is 0 Å². The third-order valence-electron chi connectivity index (χ3n) is 3.60. The van der Waals surface area contributed by atoms with E-state index in [1.165, 1.54) is 5.75 Å². The fourth-order valence-corrected chi connectivity index (χ4v) is 3.83. The summed E-state index contributed by atoms with van der Waals surface area (Å²) in [5.74, 6) is 2.47. The zero-order chi connectivity index (χ0) is 12.3. The fourth-order valence-electron chi connectivity index (χ4n) is 2.46. The van der Waals surface area contributed by atoms with Gasteiger partial charge in [0.05, 0.1) is 12.1 Å². The third-order valence-corrected chi connectivity index (χ3v) is 4.82. The fraction of sp³-hybridized carbons (Fsp3) is 0.917. The van der Waals surface area contributed by atoms with Gasteiger partial charge in [-0.2, -0.15) is 11.8 Å². The highest BCUT2D eigenvalue weighted by molar-refractivity contribution is 7.99. The molecule has 17 heavy (non-hydrogen) atoms. The molecule has 1 amide bonds. The number of nitrogens with zero attached hydrogens (tertiary/aromatic N) is 1. The first kappa shape index (κ1) is 13.2. The summed E-state index contributed by atoms with van der Waals surface area (Å²) in [6.45, 7) is 1.27. The van der Waals surface area contributed by atoms with Gasteiger partial charge in [0.2, 0.25) is 5.91 Å². The van der Waals surface area contributed by atoms with Crippen LogP contribution >= 0.6 is 11.8 Å². The number of ether oxygens (including phenoxy) is 1. The Balaban J connectivity index is 1.79. The van der Waals surface area contributed by atoms with E-state index < -0.39 is 0 Å². The predicted molar refractivity (Wildman–Crippen MR) is 70.3 cm³/mol. The Labute approximate surface area is 107 Å². The molecular weight excluding hydrogens is 236 g/mol. The lowest BCUT2D eigenvalue weighted by Gasteiger charge is -2.38. The van der Waals surface area contributed by atoms with Crippen molar-refractivity contribution >= 4 is 17.7 Å². The Hall–Kier alpha value is -0.260. The highest BCUT2D eigenvalue weighted by atomic mass is 32.2. The molecule has 2 heterocycles. The topological polar surface area (TPSA) is 41.6 Å². The molecule has 2 aliphatic heterocycles. The van der Waals surface area contributed by atoms with E-state index in [1.54, 1.807) is 19.0 Å². The molecule has 0 aliphatic carbocycles. The first-order chi connectivity index (χ1) is 8.11. The van der Waals surface area contributed by atoms with Crippen LogP contribution < -0.4 is 5.32 Å². The van der Waals surface area contributed by atoms with Crippen molar-refractivity contribution in [3.05, 3.63) is 0 Å². The standard InChI is InChI=1S/C12H22N2O2S/c1-14(2)11(15)8-13-10-3-5-16-12(7-10)4-6-17-9-12/h10,13H,3-9H2,1-2H3. The molecular formula is C12H22N2O2S. The largest absolute Gasteiger partial charge is 0.374 e. The summed E-state index contributed by atoms with van der Waals surface area (Å²) in [7, 11) is 3.59. The summed E-state index contributed by atoms with van der Waals surface area (Å²) in [5.41, 5.74) is 0.0990. The van der Waals surface area contributed by atoms with E-state index in [4.69, 9.17) is 4.74 Å². The number of carbonyl (C=O) groups excluding carboxylic acids is 1. The van der Waals surface area contributed by atoms with Gasteiger partial charge in [0, 0.05) is 32.5 Å². The smallest absolute Gasteiger partial charge is 0.236 e. The van der Waals surface area contributed by atoms with Crippen LogP contribution in [0.5, 0.6) is 0 Å². The number of hydrogen-bond donors (Lipinski definition) is 1. The molecule has 1 spiro atoms. The van der Waals surface area contributed by atoms with Crippen LogP contribution in [-0.4, -0.2) is 61.2 Å². The predicted octanol–water partition coefficient (Wildman–Crippen LogP) is 0.719. The lowest BCUT2D eigenvalue weighted by molar-refractivity contribution is -0.128. The van der Waals surface area contributed by atoms with E-state index in [0.29, 0.717) is 12.6 Å². The van der Waals surface area contributed by atoms with E-state index >= 15 is 0 Å². The van der Waals surface area contributed by atoms with Gasteiger partial charge in [-0.3, -0.25) is 4.79 Å². The molecule has 2 rings (SSSR count). The van der Waals surface area contributed by atoms with Gasteiger partial charge >= 0.3 is 0 Å². The molecule has 0 aromatic rings. The minimum Gasteiger partial charge on any atom is -0.374 e. The second-order valence-electron chi connectivity index (χ2n) is 5.19. The molecule has 2 fully saturated rings. The number of thioether (sulfide) groups is 1. The van der Waals surface area contributed by atoms with Crippen molar-refractivity contribution in [3.63, 3.8) is 0 Å². The van der Waals surface area contributed by atoms with E-state index in [0.717, 1.165) is 31.6 Å². The van der Waals surface area contributed by atoms with Crippen LogP contribution in [-0.2, 0) is 9.53 Å². The molecule has 5 heteroatoms. The maximum atomic E-state index is 11.5. The zero-order valence-electron chi connectivity index (χ0n) is 10.7. The van der Waals surface area contributed by atoms with Crippen molar-refractivity contribution in [2.75, 3.05) is 38.8 Å². The number of nitrogens with one attached hydrogen (secondary N) is 1. The number of hydrogen-bond acceptors (Lipinski definition) is 4. The van der Waals surface area contributed by atoms with Crippen molar-refractivity contribution < 1.29 is 9.53 Å². The lowest BCUT2D eigenvalue weighted by Crippen LogP contribution is -2.49. The van der Waals surface area contributed by atoms with Gasteiger partial charge in [0.15, 0.2) is 0 Å². The van der Waals surface area contributed by atoms with Gasteiger partial charge < -0.3 is 15.0 Å². The highest BCUT2D eigenvalue weighted by Crippen LogP contribution is 2.38. The summed E-state index contributed by atoms with van der Waals surface area (Å²) in [5, 5.41) is 3.37. The minimum absolute atomic E-state index is 0.0990. The Morgan fingerprint density at radius 3 is 3.06 bits per heavy atom. The molecule has 2 aliphatic rings. The van der Waals surface area contributed by atoms with Crippen LogP contribution in [0.3, 0.4) is 0 Å². The van der Waals surface area contributed by atoms with Crippen LogP contribution in [0.1, 0.15) is 19.3 Å². The first-order valence-corrected chi connectivity index (χ1v) is 7.42. The second-order valence-corrected chi connectivity index (χ2v) is 6.30. The summed E-state index contributed by atoms with van der Waals surface area (Å²) >= 11 is 1.98. The summed E-state index contributed by atoms with van der Waals surface area (Å²) in [4.78, 5) is 13.2. The van der Waals surface area contributed by atoms with Gasteiger partial charge in [0.25, 0.3) is 0 Å². The second kappa shape index (κ2) is 5.59. The highest BCUT2D eigenvalue weighted by Gasteiger charge is 2.40. The third kappa shape index (κ3) is 3.36. The van der Waals surface area contributed by atoms with Gasteiger partial charge in [-0.15, -0.1) is 0 Å². The Morgan fingerprint density at radius 1 is 1.59 bits per heavy atom. The molecule has 98 valence electrons. The Morgan fingerprint density at radius 2 is 2.41 bits per heavy atom. The van der Waals surface area contributed by atoms with Gasteiger partial charge in [-0.1, -0.05) is 0 Å². The van der Waals surface area contributed by atoms with Crippen molar-refractivity contribution in [3.8, 4) is 0 Å². The number of amides is 1. The first-order valence-electron chi connectivity index (χ1n) is 6.27. The number of carbonyl (C=O) groups is 1. The molecule has 2 atom stereocenters. The normalized spacial score (nSPS) is 32.9. The number of likely N-dealkylation sites (N-methyl/N-ethyl adjacent to an activating group) is 1. The molecule has 2 unspecified atom stereocenters. The van der Waals surface area contributed by atoms with Crippen molar-refractivity contribution in [1.29, 1.82) is 0 Å². The summed E-state index contributed by atoms with van der Waals surface area (Å²) in [6, 6.07) is 0.436. The van der Waals surface area contributed by atoms with E-state index in [2.05, 4.69) is 5.32 Å². The maximum absolute atomic E-state index is 11.5. The van der Waals surface area contributed by atoms with Crippen LogP contribution in [0.15, 0.2) is 0 Å². The molecule has 1 N–H and O–H groups in total. The molecule has 0 aromatic heterocycles. The monoisotopic (exact) mass is 258 g/mol. The van der Waals surface area contributed by atoms with Crippen LogP contribution in [0, 0.1) is 0 Å².